The number of amides is 5. The molecule has 2 aromatic rings. The van der Waals surface area contributed by atoms with E-state index < -0.39 is 59.6 Å². The Morgan fingerprint density at radius 3 is 2.50 bits per heavy atom. The molecule has 1 aliphatic carbocycles. The van der Waals surface area contributed by atoms with Crippen LogP contribution in [-0.2, 0) is 26.3 Å². The van der Waals surface area contributed by atoms with Crippen LogP contribution in [0.5, 0.6) is 0 Å². The Morgan fingerprint density at radius 1 is 1.11 bits per heavy atom. The Bertz CT molecular complexity index is 1350. The van der Waals surface area contributed by atoms with Crippen molar-refractivity contribution in [3.8, 4) is 0 Å². The van der Waals surface area contributed by atoms with Gasteiger partial charge in [0.2, 0.25) is 11.5 Å². The molecule has 2 N–H and O–H groups in total. The first-order valence-electron chi connectivity index (χ1n) is 12.2. The maximum absolute atomic E-state index is 13.9. The SMILES string of the molecule is CNC(=O)Nc1ccc2c(c1)CCC21OC(=O)N(CC(=O)N2[C@@H](C)CC[C@H]2c2cc(F)c(F)c(F)c2)C1=O. The molecule has 5 rings (SSSR count). The first kappa shape index (κ1) is 25.6. The number of fused-ring (bicyclic) bond motifs is 2. The van der Waals surface area contributed by atoms with Crippen molar-refractivity contribution in [2.24, 2.45) is 0 Å². The number of likely N-dealkylation sites (tertiary alicyclic amines) is 1. The largest absolute Gasteiger partial charge is 0.427 e. The number of rotatable bonds is 4. The van der Waals surface area contributed by atoms with E-state index in [1.54, 1.807) is 25.1 Å². The van der Waals surface area contributed by atoms with Crippen LogP contribution in [0.1, 0.15) is 48.9 Å². The van der Waals surface area contributed by atoms with E-state index in [9.17, 15) is 32.3 Å². The number of nitrogens with one attached hydrogen (secondary N) is 2. The van der Waals surface area contributed by atoms with Crippen LogP contribution in [0.4, 0.5) is 28.4 Å². The molecule has 0 radical (unpaired) electrons. The molecule has 3 aliphatic rings. The standard InChI is InChI=1S/C26H25F3N4O5/c1-13-3-6-20(15-10-18(27)22(29)19(28)11-15)33(13)21(34)12-32-23(35)26(38-25(32)37)8-7-14-9-16(4-5-17(14)26)31-24(36)30-2/h4-5,9-11,13,20H,3,6-8,12H2,1-2H3,(H2,30,31,36)/t13-,20-,26?/m0/s1. The van der Waals surface area contributed by atoms with Gasteiger partial charge in [0.15, 0.2) is 17.5 Å². The smallest absolute Gasteiger partial charge is 0.418 e. The van der Waals surface area contributed by atoms with Gasteiger partial charge in [-0.05, 0) is 61.6 Å². The number of nitrogens with zero attached hydrogens (tertiary/aromatic N) is 2. The van der Waals surface area contributed by atoms with Gasteiger partial charge >= 0.3 is 12.1 Å². The van der Waals surface area contributed by atoms with E-state index in [1.165, 1.54) is 11.9 Å². The quantitative estimate of drug-likeness (QED) is 0.586. The van der Waals surface area contributed by atoms with Crippen molar-refractivity contribution >= 4 is 29.6 Å². The van der Waals surface area contributed by atoms with Gasteiger partial charge in [-0.15, -0.1) is 0 Å². The van der Waals surface area contributed by atoms with E-state index in [1.807, 2.05) is 0 Å². The third-order valence-electron chi connectivity index (χ3n) is 7.49. The molecule has 1 spiro atoms. The minimum atomic E-state index is -1.60. The van der Waals surface area contributed by atoms with Gasteiger partial charge < -0.3 is 20.3 Å². The summed E-state index contributed by atoms with van der Waals surface area (Å²) < 4.78 is 46.8. The lowest BCUT2D eigenvalue weighted by atomic mass is 9.94. The van der Waals surface area contributed by atoms with Gasteiger partial charge in [0.05, 0.1) is 6.04 Å². The highest BCUT2D eigenvalue weighted by Gasteiger charge is 2.58. The number of halogens is 3. The highest BCUT2D eigenvalue weighted by atomic mass is 19.2. The average molecular weight is 531 g/mol. The molecule has 0 bridgehead atoms. The molecule has 200 valence electrons. The number of ether oxygens (including phenoxy) is 1. The molecule has 0 aromatic heterocycles. The number of carbonyl (C=O) groups is 4. The van der Waals surface area contributed by atoms with E-state index in [2.05, 4.69) is 10.6 Å². The van der Waals surface area contributed by atoms with Crippen LogP contribution in [0.3, 0.4) is 0 Å². The van der Waals surface area contributed by atoms with E-state index in [-0.39, 0.29) is 18.0 Å². The number of hydrogen-bond donors (Lipinski definition) is 2. The monoisotopic (exact) mass is 530 g/mol. The van der Waals surface area contributed by atoms with Crippen molar-refractivity contribution in [1.82, 2.24) is 15.1 Å². The normalized spacial score (nSPS) is 24.1. The molecule has 2 aromatic carbocycles. The maximum atomic E-state index is 13.9. The Morgan fingerprint density at radius 2 is 1.82 bits per heavy atom. The van der Waals surface area contributed by atoms with Crippen molar-refractivity contribution in [2.75, 3.05) is 18.9 Å². The van der Waals surface area contributed by atoms with E-state index >= 15 is 0 Å². The van der Waals surface area contributed by atoms with Gasteiger partial charge in [0.1, 0.15) is 6.54 Å². The number of hydrogen-bond acceptors (Lipinski definition) is 5. The summed E-state index contributed by atoms with van der Waals surface area (Å²) in [6, 6.07) is 5.11. The van der Waals surface area contributed by atoms with Crippen LogP contribution in [-0.4, -0.2) is 53.4 Å². The molecule has 12 heteroatoms. The second kappa shape index (κ2) is 9.34. The lowest BCUT2D eigenvalue weighted by Gasteiger charge is -2.30. The molecule has 2 heterocycles. The number of carbonyl (C=O) groups excluding carboxylic acids is 4. The van der Waals surface area contributed by atoms with Gasteiger partial charge in [-0.1, -0.05) is 6.07 Å². The molecule has 2 saturated heterocycles. The summed E-state index contributed by atoms with van der Waals surface area (Å²) in [6.45, 7) is 1.13. The van der Waals surface area contributed by atoms with Crippen LogP contribution in [0.25, 0.3) is 0 Å². The Kier molecular flexibility index (Phi) is 6.28. The molecular weight excluding hydrogens is 505 g/mol. The summed E-state index contributed by atoms with van der Waals surface area (Å²) >= 11 is 0. The van der Waals surface area contributed by atoms with Gasteiger partial charge in [0, 0.05) is 30.8 Å². The zero-order valence-electron chi connectivity index (χ0n) is 20.6. The minimum Gasteiger partial charge on any atom is -0.427 e. The first-order chi connectivity index (χ1) is 18.1. The first-order valence-corrected chi connectivity index (χ1v) is 12.2. The Balaban J connectivity index is 1.37. The van der Waals surface area contributed by atoms with Crippen LogP contribution in [0, 0.1) is 17.5 Å². The number of urea groups is 1. The van der Waals surface area contributed by atoms with Crippen molar-refractivity contribution < 1.29 is 37.1 Å². The van der Waals surface area contributed by atoms with Crippen LogP contribution >= 0.6 is 0 Å². The highest BCUT2D eigenvalue weighted by molar-refractivity contribution is 6.06. The number of benzene rings is 2. The predicted octanol–water partition coefficient (Wildman–Crippen LogP) is 3.73. The summed E-state index contributed by atoms with van der Waals surface area (Å²) in [7, 11) is 1.48. The fourth-order valence-corrected chi connectivity index (χ4v) is 5.64. The van der Waals surface area contributed by atoms with Crippen molar-refractivity contribution in [1.29, 1.82) is 0 Å². The minimum absolute atomic E-state index is 0.0942. The molecule has 3 atom stereocenters. The number of anilines is 1. The zero-order chi connectivity index (χ0) is 27.4. The summed E-state index contributed by atoms with van der Waals surface area (Å²) in [5.41, 5.74) is 0.237. The average Bonchev–Trinajstić information content (AvgIpc) is 3.52. The third-order valence-corrected chi connectivity index (χ3v) is 7.49. The topological polar surface area (TPSA) is 108 Å². The highest BCUT2D eigenvalue weighted by Crippen LogP contribution is 2.46. The molecule has 2 fully saturated rings. The number of aryl methyl sites for hydroxylation is 1. The van der Waals surface area contributed by atoms with Gasteiger partial charge in [-0.2, -0.15) is 0 Å². The fraction of sp³-hybridized carbons (Fsp3) is 0.385. The Hall–Kier alpha value is -4.09. The zero-order valence-corrected chi connectivity index (χ0v) is 20.6. The molecule has 38 heavy (non-hydrogen) atoms. The number of imide groups is 1. The van der Waals surface area contributed by atoms with Crippen LogP contribution in [0.15, 0.2) is 30.3 Å². The van der Waals surface area contributed by atoms with Gasteiger partial charge in [0.25, 0.3) is 5.91 Å². The molecule has 9 nitrogen and oxygen atoms in total. The van der Waals surface area contributed by atoms with Crippen LogP contribution in [0.2, 0.25) is 0 Å². The lowest BCUT2D eigenvalue weighted by molar-refractivity contribution is -0.143. The van der Waals surface area contributed by atoms with Crippen molar-refractivity contribution in [2.45, 2.75) is 50.3 Å². The summed E-state index contributed by atoms with van der Waals surface area (Å²) in [5, 5.41) is 5.09. The molecule has 0 saturated carbocycles. The van der Waals surface area contributed by atoms with E-state index in [0.29, 0.717) is 30.5 Å². The second-order valence-electron chi connectivity index (χ2n) is 9.70. The van der Waals surface area contributed by atoms with Crippen molar-refractivity contribution in [3.63, 3.8) is 0 Å². The maximum Gasteiger partial charge on any atom is 0.418 e. The predicted molar refractivity (Wildman–Crippen MR) is 127 cm³/mol. The Labute approximate surface area is 215 Å². The summed E-state index contributed by atoms with van der Waals surface area (Å²) in [6.07, 6.45) is 0.508. The van der Waals surface area contributed by atoms with E-state index in [0.717, 1.165) is 22.6 Å². The fourth-order valence-electron chi connectivity index (χ4n) is 5.64. The lowest BCUT2D eigenvalue weighted by Crippen LogP contribution is -2.46. The second-order valence-corrected chi connectivity index (χ2v) is 9.70. The molecular formula is C26H25F3N4O5. The van der Waals surface area contributed by atoms with Crippen LogP contribution < -0.4 is 10.6 Å². The van der Waals surface area contributed by atoms with E-state index in [4.69, 9.17) is 4.74 Å². The molecule has 2 aliphatic heterocycles. The van der Waals surface area contributed by atoms with Gasteiger partial charge in [-0.25, -0.2) is 27.7 Å². The summed E-state index contributed by atoms with van der Waals surface area (Å²) in [5.74, 6) is -5.59. The third kappa shape index (κ3) is 4.04. The van der Waals surface area contributed by atoms with Crippen molar-refractivity contribution in [3.05, 3.63) is 64.5 Å². The van der Waals surface area contributed by atoms with Gasteiger partial charge in [-0.3, -0.25) is 9.59 Å². The molecule has 1 unspecified atom stereocenters. The molecule has 5 amide bonds. The summed E-state index contributed by atoms with van der Waals surface area (Å²) in [4.78, 5) is 53.4.